The molecule has 0 unspecified atom stereocenters. The van der Waals surface area contributed by atoms with Gasteiger partial charge in [0.2, 0.25) is 0 Å². The molecule has 3 nitrogen and oxygen atoms in total. The molecule has 0 amide bonds. The summed E-state index contributed by atoms with van der Waals surface area (Å²) in [5.74, 6) is 0.500. The average molecular weight is 203 g/mol. The van der Waals surface area contributed by atoms with Crippen LogP contribution in [-0.4, -0.2) is 14.6 Å². The Morgan fingerprint density at radius 3 is 2.40 bits per heavy atom. The topological polar surface area (TPSA) is 30.2 Å². The summed E-state index contributed by atoms with van der Waals surface area (Å²) in [5, 5.41) is 4.57. The molecule has 80 valence electrons. The molecule has 3 heteroatoms. The van der Waals surface area contributed by atoms with E-state index in [1.807, 2.05) is 11.4 Å². The molecule has 0 aromatic carbocycles. The molecule has 2 aromatic heterocycles. The van der Waals surface area contributed by atoms with Gasteiger partial charge >= 0.3 is 0 Å². The van der Waals surface area contributed by atoms with Crippen molar-refractivity contribution in [1.29, 1.82) is 0 Å². The van der Waals surface area contributed by atoms with Gasteiger partial charge in [-0.1, -0.05) is 13.8 Å². The van der Waals surface area contributed by atoms with Crippen LogP contribution in [0.5, 0.6) is 0 Å². The first kappa shape index (κ1) is 10.1. The normalized spacial score (nSPS) is 11.6. The maximum Gasteiger partial charge on any atom is 0.154 e. The van der Waals surface area contributed by atoms with E-state index in [1.165, 1.54) is 5.56 Å². The fourth-order valence-corrected chi connectivity index (χ4v) is 1.88. The predicted octanol–water partition coefficient (Wildman–Crippen LogP) is 2.78. The van der Waals surface area contributed by atoms with E-state index in [-0.39, 0.29) is 0 Å². The Balaban J connectivity index is 2.76. The summed E-state index contributed by atoms with van der Waals surface area (Å²) in [7, 11) is 0. The molecule has 0 aliphatic heterocycles. The number of nitrogens with zero attached hydrogens (tertiary/aromatic N) is 3. The highest BCUT2D eigenvalue weighted by Crippen LogP contribution is 2.20. The third-order valence-corrected chi connectivity index (χ3v) is 2.91. The average Bonchev–Trinajstić information content (AvgIpc) is 2.43. The Hall–Kier alpha value is -1.38. The van der Waals surface area contributed by atoms with Crippen LogP contribution < -0.4 is 0 Å². The molecule has 0 atom stereocenters. The van der Waals surface area contributed by atoms with E-state index in [0.29, 0.717) is 5.92 Å². The van der Waals surface area contributed by atoms with E-state index in [2.05, 4.69) is 43.8 Å². The molecule has 0 fully saturated rings. The summed E-state index contributed by atoms with van der Waals surface area (Å²) in [6.07, 6.45) is 0. The molecule has 0 spiro atoms. The van der Waals surface area contributed by atoms with Crippen LogP contribution in [0.2, 0.25) is 0 Å². The number of aryl methyl sites for hydroxylation is 3. The Bertz CT molecular complexity index is 509. The van der Waals surface area contributed by atoms with Gasteiger partial charge in [0.25, 0.3) is 0 Å². The summed E-state index contributed by atoms with van der Waals surface area (Å²) < 4.78 is 1.93. The number of hydrogen-bond acceptors (Lipinski definition) is 2. The van der Waals surface area contributed by atoms with Gasteiger partial charge in [0.05, 0.1) is 17.1 Å². The fraction of sp³-hybridized carbons (Fsp3) is 0.500. The van der Waals surface area contributed by atoms with E-state index in [9.17, 15) is 0 Å². The van der Waals surface area contributed by atoms with Crippen molar-refractivity contribution < 1.29 is 0 Å². The quantitative estimate of drug-likeness (QED) is 0.713. The highest BCUT2D eigenvalue weighted by atomic mass is 15.3. The molecule has 0 N–H and O–H groups in total. The van der Waals surface area contributed by atoms with Crippen molar-refractivity contribution in [2.75, 3.05) is 0 Å². The van der Waals surface area contributed by atoms with Gasteiger partial charge in [-0.25, -0.2) is 9.50 Å². The molecule has 15 heavy (non-hydrogen) atoms. The lowest BCUT2D eigenvalue weighted by Crippen LogP contribution is -2.02. The van der Waals surface area contributed by atoms with Crippen molar-refractivity contribution in [2.45, 2.75) is 40.5 Å². The van der Waals surface area contributed by atoms with E-state index in [4.69, 9.17) is 0 Å². The number of fused-ring (bicyclic) bond motifs is 1. The predicted molar refractivity (Wildman–Crippen MR) is 61.3 cm³/mol. The van der Waals surface area contributed by atoms with Crippen LogP contribution in [-0.2, 0) is 0 Å². The van der Waals surface area contributed by atoms with Crippen LogP contribution in [0, 0.1) is 20.8 Å². The first-order valence-corrected chi connectivity index (χ1v) is 5.34. The minimum Gasteiger partial charge on any atom is -0.232 e. The Morgan fingerprint density at radius 1 is 1.13 bits per heavy atom. The van der Waals surface area contributed by atoms with Gasteiger partial charge in [0.1, 0.15) is 0 Å². The Morgan fingerprint density at radius 2 is 1.80 bits per heavy atom. The van der Waals surface area contributed by atoms with Gasteiger partial charge in [0, 0.05) is 0 Å². The summed E-state index contributed by atoms with van der Waals surface area (Å²) in [6, 6.07) is 2.15. The largest absolute Gasteiger partial charge is 0.232 e. The Kier molecular flexibility index (Phi) is 2.25. The highest BCUT2D eigenvalue weighted by molar-refractivity contribution is 5.45. The monoisotopic (exact) mass is 203 g/mol. The van der Waals surface area contributed by atoms with Gasteiger partial charge < -0.3 is 0 Å². The van der Waals surface area contributed by atoms with Gasteiger partial charge in [-0.05, 0) is 38.3 Å². The molecule has 2 aromatic rings. The molecule has 2 rings (SSSR count). The lowest BCUT2D eigenvalue weighted by atomic mass is 10.0. The third-order valence-electron chi connectivity index (χ3n) is 2.91. The Labute approximate surface area is 90.1 Å². The fourth-order valence-electron chi connectivity index (χ4n) is 1.88. The molecule has 0 aliphatic rings. The minimum atomic E-state index is 0.500. The maximum atomic E-state index is 4.57. The second kappa shape index (κ2) is 3.33. The van der Waals surface area contributed by atoms with Gasteiger partial charge in [-0.3, -0.25) is 0 Å². The van der Waals surface area contributed by atoms with Crippen molar-refractivity contribution in [2.24, 2.45) is 0 Å². The van der Waals surface area contributed by atoms with Crippen molar-refractivity contribution in [3.8, 4) is 0 Å². The van der Waals surface area contributed by atoms with Gasteiger partial charge in [-0.2, -0.15) is 5.10 Å². The summed E-state index contributed by atoms with van der Waals surface area (Å²) in [6.45, 7) is 10.5. The van der Waals surface area contributed by atoms with Crippen molar-refractivity contribution in [3.63, 3.8) is 0 Å². The van der Waals surface area contributed by atoms with Crippen molar-refractivity contribution in [3.05, 3.63) is 28.7 Å². The molecule has 2 heterocycles. The third kappa shape index (κ3) is 1.52. The minimum absolute atomic E-state index is 0.500. The SMILES string of the molecule is Cc1nn2c(C)c(C)nc2cc1C(C)C. The lowest BCUT2D eigenvalue weighted by molar-refractivity contribution is 0.794. The number of imidazole rings is 1. The first-order chi connectivity index (χ1) is 7.00. The van der Waals surface area contributed by atoms with Crippen LogP contribution >= 0.6 is 0 Å². The van der Waals surface area contributed by atoms with Gasteiger partial charge in [-0.15, -0.1) is 0 Å². The molecule has 0 saturated carbocycles. The van der Waals surface area contributed by atoms with E-state index < -0.39 is 0 Å². The van der Waals surface area contributed by atoms with Crippen LogP contribution in [0.15, 0.2) is 6.07 Å². The zero-order chi connectivity index (χ0) is 11.2. The smallest absolute Gasteiger partial charge is 0.154 e. The van der Waals surface area contributed by atoms with Crippen molar-refractivity contribution >= 4 is 5.65 Å². The molecule has 0 saturated heterocycles. The lowest BCUT2D eigenvalue weighted by Gasteiger charge is -2.09. The van der Waals surface area contributed by atoms with Crippen molar-refractivity contribution in [1.82, 2.24) is 14.6 Å². The maximum absolute atomic E-state index is 4.57. The second-order valence-electron chi connectivity index (χ2n) is 4.39. The van der Waals surface area contributed by atoms with Crippen LogP contribution in [0.25, 0.3) is 5.65 Å². The standard InChI is InChI=1S/C12H17N3/c1-7(2)11-6-12-13-8(3)10(5)15(12)14-9(11)4/h6-7H,1-5H3. The number of aromatic nitrogens is 3. The van der Waals surface area contributed by atoms with Crippen LogP contribution in [0.4, 0.5) is 0 Å². The molecule has 0 aliphatic carbocycles. The number of hydrogen-bond donors (Lipinski definition) is 0. The molecular formula is C12H17N3. The summed E-state index contributed by atoms with van der Waals surface area (Å²) >= 11 is 0. The zero-order valence-electron chi connectivity index (χ0n) is 10.00. The van der Waals surface area contributed by atoms with Crippen LogP contribution in [0.3, 0.4) is 0 Å². The second-order valence-corrected chi connectivity index (χ2v) is 4.39. The number of rotatable bonds is 1. The van der Waals surface area contributed by atoms with Gasteiger partial charge in [0.15, 0.2) is 5.65 Å². The van der Waals surface area contributed by atoms with E-state index >= 15 is 0 Å². The molecular weight excluding hydrogens is 186 g/mol. The molecule has 0 radical (unpaired) electrons. The van der Waals surface area contributed by atoms with Crippen LogP contribution in [0.1, 0.15) is 42.4 Å². The first-order valence-electron chi connectivity index (χ1n) is 5.34. The zero-order valence-corrected chi connectivity index (χ0v) is 10.00. The van der Waals surface area contributed by atoms with E-state index in [1.54, 1.807) is 0 Å². The highest BCUT2D eigenvalue weighted by Gasteiger charge is 2.10. The summed E-state index contributed by atoms with van der Waals surface area (Å²) in [5.41, 5.74) is 5.52. The summed E-state index contributed by atoms with van der Waals surface area (Å²) in [4.78, 5) is 4.50. The van der Waals surface area contributed by atoms with E-state index in [0.717, 1.165) is 22.7 Å². The molecule has 0 bridgehead atoms.